The van der Waals surface area contributed by atoms with Crippen LogP contribution in [0.15, 0.2) is 36.4 Å². The minimum Gasteiger partial charge on any atom is -0.461 e. The lowest BCUT2D eigenvalue weighted by atomic mass is 10.1. The van der Waals surface area contributed by atoms with Gasteiger partial charge >= 0.3 is 5.97 Å². The Kier molecular flexibility index (Phi) is 5.14. The number of allylic oxidation sites excluding steroid dienone is 1. The van der Waals surface area contributed by atoms with Crippen LogP contribution in [0.3, 0.4) is 0 Å². The molecule has 17 heavy (non-hydrogen) atoms. The Morgan fingerprint density at radius 2 is 1.82 bits per heavy atom. The summed E-state index contributed by atoms with van der Waals surface area (Å²) in [5.41, 5.74) is 2.14. The highest BCUT2D eigenvalue weighted by atomic mass is 16.5. The van der Waals surface area contributed by atoms with E-state index in [1.54, 1.807) is 0 Å². The zero-order valence-corrected chi connectivity index (χ0v) is 10.1. The summed E-state index contributed by atoms with van der Waals surface area (Å²) in [6.45, 7) is 3.52. The molecule has 0 atom stereocenters. The number of esters is 1. The number of hydrogen-bond acceptors (Lipinski definition) is 3. The molecule has 0 aliphatic rings. The minimum absolute atomic E-state index is 0.155. The molecule has 0 aliphatic carbocycles. The summed E-state index contributed by atoms with van der Waals surface area (Å²) in [5.74, 6) is -0.659. The van der Waals surface area contributed by atoms with Crippen LogP contribution < -0.4 is 0 Å². The fourth-order valence-corrected chi connectivity index (χ4v) is 1.33. The Morgan fingerprint density at radius 3 is 2.41 bits per heavy atom. The average molecular weight is 232 g/mol. The molecule has 1 rings (SSSR count). The SMILES string of the molecule is CC(=O)CC(=O)OCC=C(C)c1ccccc1. The molecule has 1 aromatic rings. The maximum atomic E-state index is 11.1. The van der Waals surface area contributed by atoms with Gasteiger partial charge < -0.3 is 4.74 Å². The van der Waals surface area contributed by atoms with Gasteiger partial charge in [0.05, 0.1) is 0 Å². The fraction of sp³-hybridized carbons (Fsp3) is 0.286. The summed E-state index contributed by atoms with van der Waals surface area (Å²) < 4.78 is 4.91. The van der Waals surface area contributed by atoms with Gasteiger partial charge in [0.25, 0.3) is 0 Å². The lowest BCUT2D eigenvalue weighted by Gasteiger charge is -2.03. The maximum Gasteiger partial charge on any atom is 0.313 e. The molecular weight excluding hydrogens is 216 g/mol. The van der Waals surface area contributed by atoms with Crippen LogP contribution in [0.5, 0.6) is 0 Å². The van der Waals surface area contributed by atoms with E-state index in [2.05, 4.69) is 0 Å². The first kappa shape index (κ1) is 13.2. The van der Waals surface area contributed by atoms with Crippen molar-refractivity contribution in [3.05, 3.63) is 42.0 Å². The highest BCUT2D eigenvalue weighted by molar-refractivity contribution is 5.94. The molecule has 0 saturated carbocycles. The number of hydrogen-bond donors (Lipinski definition) is 0. The van der Waals surface area contributed by atoms with E-state index < -0.39 is 5.97 Å². The molecule has 0 aromatic heterocycles. The molecule has 0 heterocycles. The minimum atomic E-state index is -0.477. The molecular formula is C14H16O3. The van der Waals surface area contributed by atoms with Gasteiger partial charge in [0.15, 0.2) is 0 Å². The van der Waals surface area contributed by atoms with Crippen molar-refractivity contribution in [2.75, 3.05) is 6.61 Å². The second-order valence-corrected chi connectivity index (χ2v) is 3.81. The van der Waals surface area contributed by atoms with E-state index in [1.165, 1.54) is 6.92 Å². The summed E-state index contributed by atoms with van der Waals surface area (Å²) in [5, 5.41) is 0. The molecule has 3 heteroatoms. The van der Waals surface area contributed by atoms with Crippen molar-refractivity contribution >= 4 is 17.3 Å². The van der Waals surface area contributed by atoms with Crippen molar-refractivity contribution in [1.82, 2.24) is 0 Å². The monoisotopic (exact) mass is 232 g/mol. The van der Waals surface area contributed by atoms with Crippen molar-refractivity contribution in [3.63, 3.8) is 0 Å². The van der Waals surface area contributed by atoms with E-state index >= 15 is 0 Å². The van der Waals surface area contributed by atoms with Gasteiger partial charge in [-0.3, -0.25) is 9.59 Å². The van der Waals surface area contributed by atoms with Crippen LogP contribution in [-0.4, -0.2) is 18.4 Å². The van der Waals surface area contributed by atoms with Crippen molar-refractivity contribution in [1.29, 1.82) is 0 Å². The molecule has 0 bridgehead atoms. The second-order valence-electron chi connectivity index (χ2n) is 3.81. The first-order valence-electron chi connectivity index (χ1n) is 5.47. The predicted molar refractivity (Wildman–Crippen MR) is 66.4 cm³/mol. The molecule has 0 N–H and O–H groups in total. The summed E-state index contributed by atoms with van der Waals surface area (Å²) in [4.78, 5) is 21.8. The Hall–Kier alpha value is -1.90. The molecule has 90 valence electrons. The first-order valence-corrected chi connectivity index (χ1v) is 5.47. The fourth-order valence-electron chi connectivity index (χ4n) is 1.33. The van der Waals surface area contributed by atoms with Crippen LogP contribution in [0.1, 0.15) is 25.8 Å². The Bertz CT molecular complexity index is 418. The topological polar surface area (TPSA) is 43.4 Å². The van der Waals surface area contributed by atoms with Crippen LogP contribution in [0.4, 0.5) is 0 Å². The van der Waals surface area contributed by atoms with Crippen LogP contribution in [-0.2, 0) is 14.3 Å². The largest absolute Gasteiger partial charge is 0.461 e. The van der Waals surface area contributed by atoms with E-state index in [-0.39, 0.29) is 18.8 Å². The van der Waals surface area contributed by atoms with Crippen molar-refractivity contribution in [2.24, 2.45) is 0 Å². The van der Waals surface area contributed by atoms with Gasteiger partial charge in [-0.25, -0.2) is 0 Å². The number of benzene rings is 1. The van der Waals surface area contributed by atoms with Gasteiger partial charge in [0, 0.05) is 0 Å². The molecule has 0 fully saturated rings. The first-order chi connectivity index (χ1) is 8.09. The van der Waals surface area contributed by atoms with Gasteiger partial charge in [0.2, 0.25) is 0 Å². The smallest absolute Gasteiger partial charge is 0.313 e. The van der Waals surface area contributed by atoms with E-state index in [0.29, 0.717) is 0 Å². The third kappa shape index (κ3) is 5.11. The van der Waals surface area contributed by atoms with Crippen LogP contribution in [0.25, 0.3) is 5.57 Å². The Balaban J connectivity index is 2.44. The Labute approximate surface area is 101 Å². The Morgan fingerprint density at radius 1 is 1.18 bits per heavy atom. The lowest BCUT2D eigenvalue weighted by Crippen LogP contribution is -2.08. The highest BCUT2D eigenvalue weighted by Gasteiger charge is 2.04. The zero-order valence-electron chi connectivity index (χ0n) is 10.1. The van der Waals surface area contributed by atoms with Crippen LogP contribution in [0.2, 0.25) is 0 Å². The maximum absolute atomic E-state index is 11.1. The number of Topliss-reactive ketones (excluding diaryl/α,β-unsaturated/α-hetero) is 1. The van der Waals surface area contributed by atoms with Gasteiger partial charge in [0.1, 0.15) is 18.8 Å². The predicted octanol–water partition coefficient (Wildman–Crippen LogP) is 2.61. The van der Waals surface area contributed by atoms with E-state index in [1.807, 2.05) is 43.3 Å². The summed E-state index contributed by atoms with van der Waals surface area (Å²) in [7, 11) is 0. The third-order valence-corrected chi connectivity index (χ3v) is 2.26. The standard InChI is InChI=1S/C14H16O3/c1-11(13-6-4-3-5-7-13)8-9-17-14(16)10-12(2)15/h3-8H,9-10H2,1-2H3. The molecule has 0 aliphatic heterocycles. The summed E-state index contributed by atoms with van der Waals surface area (Å²) >= 11 is 0. The molecule has 3 nitrogen and oxygen atoms in total. The van der Waals surface area contributed by atoms with Gasteiger partial charge in [-0.2, -0.15) is 0 Å². The highest BCUT2D eigenvalue weighted by Crippen LogP contribution is 2.12. The second kappa shape index (κ2) is 6.63. The molecule has 0 radical (unpaired) electrons. The van der Waals surface area contributed by atoms with Gasteiger partial charge in [-0.05, 0) is 31.1 Å². The van der Waals surface area contributed by atoms with Gasteiger partial charge in [-0.15, -0.1) is 0 Å². The van der Waals surface area contributed by atoms with Crippen molar-refractivity contribution in [3.8, 4) is 0 Å². The van der Waals surface area contributed by atoms with E-state index in [4.69, 9.17) is 4.74 Å². The normalized spacial score (nSPS) is 11.1. The molecule has 0 amide bonds. The average Bonchev–Trinajstić information content (AvgIpc) is 2.29. The molecule has 1 aromatic carbocycles. The number of rotatable bonds is 5. The van der Waals surface area contributed by atoms with E-state index in [9.17, 15) is 9.59 Å². The number of carbonyl (C=O) groups excluding carboxylic acids is 2. The lowest BCUT2D eigenvalue weighted by molar-refractivity contribution is -0.144. The summed E-state index contributed by atoms with van der Waals surface area (Å²) in [6, 6.07) is 9.83. The molecule has 0 saturated heterocycles. The van der Waals surface area contributed by atoms with Crippen LogP contribution in [0, 0.1) is 0 Å². The number of ether oxygens (including phenoxy) is 1. The van der Waals surface area contributed by atoms with Crippen molar-refractivity contribution in [2.45, 2.75) is 20.3 Å². The molecule has 0 spiro atoms. The number of ketones is 1. The quantitative estimate of drug-likeness (QED) is 0.579. The molecule has 0 unspecified atom stereocenters. The number of carbonyl (C=O) groups is 2. The van der Waals surface area contributed by atoms with Gasteiger partial charge in [-0.1, -0.05) is 30.3 Å². The van der Waals surface area contributed by atoms with E-state index in [0.717, 1.165) is 11.1 Å². The van der Waals surface area contributed by atoms with Crippen LogP contribution >= 0.6 is 0 Å². The zero-order chi connectivity index (χ0) is 12.7. The third-order valence-electron chi connectivity index (χ3n) is 2.26. The van der Waals surface area contributed by atoms with Crippen molar-refractivity contribution < 1.29 is 14.3 Å². The summed E-state index contributed by atoms with van der Waals surface area (Å²) in [6.07, 6.45) is 1.67.